The fourth-order valence-electron chi connectivity index (χ4n) is 1.89. The largest absolute Gasteiger partial charge is 0.395 e. The van der Waals surface area contributed by atoms with Crippen LogP contribution in [0.1, 0.15) is 37.2 Å². The average molecular weight is 241 g/mol. The van der Waals surface area contributed by atoms with Gasteiger partial charge in [-0.1, -0.05) is 13.8 Å². The lowest BCUT2D eigenvalue weighted by Gasteiger charge is -2.29. The number of carbonyl (C=O) groups is 1. The maximum Gasteiger partial charge on any atom is 0.323 e. The van der Waals surface area contributed by atoms with Gasteiger partial charge in [-0.15, -0.1) is 0 Å². The molecule has 1 aromatic rings. The van der Waals surface area contributed by atoms with Gasteiger partial charge in [-0.2, -0.15) is 0 Å². The lowest BCUT2D eigenvalue weighted by molar-refractivity contribution is 0.0617. The zero-order valence-electron chi connectivity index (χ0n) is 10.2. The second-order valence-corrected chi connectivity index (χ2v) is 3.85. The third-order valence-electron chi connectivity index (χ3n) is 2.81. The highest BCUT2D eigenvalue weighted by atomic mass is 16.3. The van der Waals surface area contributed by atoms with Crippen LogP contribution in [0.4, 0.5) is 0 Å². The quantitative estimate of drug-likeness (QED) is 0.670. The Balaban J connectivity index is 2.90. The lowest BCUT2D eigenvalue weighted by atomic mass is 10.1. The molecule has 0 radical (unpaired) electrons. The van der Waals surface area contributed by atoms with Gasteiger partial charge >= 0.3 is 5.69 Å². The van der Waals surface area contributed by atoms with Gasteiger partial charge in [0.1, 0.15) is 5.69 Å². The summed E-state index contributed by atoms with van der Waals surface area (Å²) in [6.07, 6.45) is 2.99. The van der Waals surface area contributed by atoms with Crippen LogP contribution in [0.15, 0.2) is 11.0 Å². The lowest BCUT2D eigenvalue weighted by Crippen LogP contribution is -2.41. The molecule has 0 aromatic carbocycles. The number of rotatable bonds is 6. The topological polar surface area (TPSA) is 89.2 Å². The summed E-state index contributed by atoms with van der Waals surface area (Å²) < 4.78 is 0. The Morgan fingerprint density at radius 2 is 2.12 bits per heavy atom. The molecular weight excluding hydrogens is 222 g/mol. The third-order valence-corrected chi connectivity index (χ3v) is 2.81. The summed E-state index contributed by atoms with van der Waals surface area (Å²) in [5.74, 6) is -0.258. The predicted molar refractivity (Wildman–Crippen MR) is 63.9 cm³/mol. The molecule has 0 fully saturated rings. The van der Waals surface area contributed by atoms with E-state index in [4.69, 9.17) is 5.11 Å². The smallest absolute Gasteiger partial charge is 0.323 e. The number of carbonyl (C=O) groups excluding carboxylic acids is 1. The SMILES string of the molecule is CCC(CC)N(CCO)C(=O)c1c[nH]c(=O)[nH]1. The zero-order chi connectivity index (χ0) is 12.8. The summed E-state index contributed by atoms with van der Waals surface area (Å²) in [7, 11) is 0. The molecule has 6 heteroatoms. The van der Waals surface area contributed by atoms with Gasteiger partial charge in [0.2, 0.25) is 0 Å². The van der Waals surface area contributed by atoms with Gasteiger partial charge < -0.3 is 20.0 Å². The van der Waals surface area contributed by atoms with Crippen LogP contribution in [0.3, 0.4) is 0 Å². The number of aliphatic hydroxyl groups is 1. The van der Waals surface area contributed by atoms with Gasteiger partial charge in [0.25, 0.3) is 5.91 Å². The van der Waals surface area contributed by atoms with Crippen LogP contribution in [0.5, 0.6) is 0 Å². The van der Waals surface area contributed by atoms with E-state index in [1.807, 2.05) is 13.8 Å². The van der Waals surface area contributed by atoms with E-state index in [1.165, 1.54) is 6.20 Å². The highest BCUT2D eigenvalue weighted by Crippen LogP contribution is 2.11. The van der Waals surface area contributed by atoms with Crippen molar-refractivity contribution in [2.24, 2.45) is 0 Å². The van der Waals surface area contributed by atoms with Crippen molar-refractivity contribution in [1.82, 2.24) is 14.9 Å². The molecular formula is C11H19N3O3. The molecule has 6 nitrogen and oxygen atoms in total. The molecule has 0 aliphatic rings. The number of aromatic nitrogens is 2. The van der Waals surface area contributed by atoms with Crippen molar-refractivity contribution in [3.63, 3.8) is 0 Å². The Morgan fingerprint density at radius 1 is 1.47 bits per heavy atom. The van der Waals surface area contributed by atoms with Gasteiger partial charge in [-0.25, -0.2) is 4.79 Å². The number of hydrogen-bond acceptors (Lipinski definition) is 3. The van der Waals surface area contributed by atoms with Gasteiger partial charge in [-0.05, 0) is 12.8 Å². The number of nitrogens with one attached hydrogen (secondary N) is 2. The number of nitrogens with zero attached hydrogens (tertiary/aromatic N) is 1. The molecule has 0 saturated heterocycles. The summed E-state index contributed by atoms with van der Waals surface area (Å²) >= 11 is 0. The molecule has 0 spiro atoms. The van der Waals surface area contributed by atoms with Crippen molar-refractivity contribution in [1.29, 1.82) is 0 Å². The summed E-state index contributed by atoms with van der Waals surface area (Å²) in [6.45, 7) is 4.17. The van der Waals surface area contributed by atoms with E-state index in [2.05, 4.69) is 9.97 Å². The minimum absolute atomic E-state index is 0.0769. The first-order chi connectivity index (χ1) is 8.13. The van der Waals surface area contributed by atoms with Crippen molar-refractivity contribution >= 4 is 5.91 Å². The van der Waals surface area contributed by atoms with Crippen LogP contribution < -0.4 is 5.69 Å². The monoisotopic (exact) mass is 241 g/mol. The molecule has 0 aliphatic heterocycles. The van der Waals surface area contributed by atoms with Crippen molar-refractivity contribution < 1.29 is 9.90 Å². The van der Waals surface area contributed by atoms with Crippen LogP contribution in [0, 0.1) is 0 Å². The molecule has 1 aromatic heterocycles. The maximum atomic E-state index is 12.1. The van der Waals surface area contributed by atoms with Crippen molar-refractivity contribution in [3.8, 4) is 0 Å². The number of aromatic amines is 2. The van der Waals surface area contributed by atoms with E-state index < -0.39 is 5.69 Å². The molecule has 1 heterocycles. The van der Waals surface area contributed by atoms with E-state index in [0.717, 1.165) is 12.8 Å². The molecule has 17 heavy (non-hydrogen) atoms. The van der Waals surface area contributed by atoms with Gasteiger partial charge in [-0.3, -0.25) is 4.79 Å². The molecule has 0 saturated carbocycles. The predicted octanol–water partition coefficient (Wildman–Crippen LogP) is 0.326. The summed E-state index contributed by atoms with van der Waals surface area (Å²) in [4.78, 5) is 29.5. The average Bonchev–Trinajstić information content (AvgIpc) is 2.75. The number of aliphatic hydroxyl groups excluding tert-OH is 1. The highest BCUT2D eigenvalue weighted by molar-refractivity contribution is 5.92. The molecule has 1 amide bonds. The summed E-state index contributed by atoms with van der Waals surface area (Å²) in [5.41, 5.74) is -0.169. The third kappa shape index (κ3) is 3.20. The molecule has 0 atom stereocenters. The Kier molecular flexibility index (Phi) is 4.96. The fourth-order valence-corrected chi connectivity index (χ4v) is 1.89. The molecule has 0 aliphatic carbocycles. The molecule has 0 bridgehead atoms. The van der Waals surface area contributed by atoms with Crippen LogP contribution >= 0.6 is 0 Å². The fraction of sp³-hybridized carbons (Fsp3) is 0.636. The molecule has 96 valence electrons. The van der Waals surface area contributed by atoms with Crippen molar-refractivity contribution in [3.05, 3.63) is 22.4 Å². The second kappa shape index (κ2) is 6.24. The van der Waals surface area contributed by atoms with Crippen molar-refractivity contribution in [2.75, 3.05) is 13.2 Å². The first kappa shape index (κ1) is 13.5. The first-order valence-electron chi connectivity index (χ1n) is 5.83. The maximum absolute atomic E-state index is 12.1. The van der Waals surface area contributed by atoms with E-state index in [0.29, 0.717) is 0 Å². The number of imidazole rings is 1. The highest BCUT2D eigenvalue weighted by Gasteiger charge is 2.22. The summed E-state index contributed by atoms with van der Waals surface area (Å²) in [6, 6.07) is 0.0769. The Bertz CT molecular complexity index is 406. The van der Waals surface area contributed by atoms with E-state index >= 15 is 0 Å². The van der Waals surface area contributed by atoms with Gasteiger partial charge in [0.15, 0.2) is 0 Å². The second-order valence-electron chi connectivity index (χ2n) is 3.85. The number of H-pyrrole nitrogens is 2. The number of amides is 1. The summed E-state index contributed by atoms with van der Waals surface area (Å²) in [5, 5.41) is 9.00. The minimum Gasteiger partial charge on any atom is -0.395 e. The minimum atomic E-state index is -0.401. The standard InChI is InChI=1S/C11H19N3O3/c1-3-8(4-2)14(5-6-15)10(16)9-7-12-11(17)13-9/h7-8,15H,3-6H2,1-2H3,(H2,12,13,17). The van der Waals surface area contributed by atoms with Crippen LogP contribution in [-0.4, -0.2) is 45.1 Å². The number of hydrogen-bond donors (Lipinski definition) is 3. The molecule has 0 unspecified atom stereocenters. The molecule has 3 N–H and O–H groups in total. The van der Waals surface area contributed by atoms with E-state index in [-0.39, 0.29) is 30.8 Å². The zero-order valence-corrected chi connectivity index (χ0v) is 10.2. The Labute approximate surface area is 99.7 Å². The Hall–Kier alpha value is -1.56. The van der Waals surface area contributed by atoms with E-state index in [1.54, 1.807) is 4.90 Å². The Morgan fingerprint density at radius 3 is 2.53 bits per heavy atom. The van der Waals surface area contributed by atoms with Gasteiger partial charge in [0, 0.05) is 18.8 Å². The van der Waals surface area contributed by atoms with Crippen molar-refractivity contribution in [2.45, 2.75) is 32.7 Å². The van der Waals surface area contributed by atoms with Crippen LogP contribution in [-0.2, 0) is 0 Å². The molecule has 1 rings (SSSR count). The normalized spacial score (nSPS) is 10.8. The van der Waals surface area contributed by atoms with E-state index in [9.17, 15) is 9.59 Å². The van der Waals surface area contributed by atoms with Crippen LogP contribution in [0.2, 0.25) is 0 Å². The first-order valence-corrected chi connectivity index (χ1v) is 5.83. The van der Waals surface area contributed by atoms with Crippen LogP contribution in [0.25, 0.3) is 0 Å². The van der Waals surface area contributed by atoms with Gasteiger partial charge in [0.05, 0.1) is 6.61 Å².